The van der Waals surface area contributed by atoms with Gasteiger partial charge in [0.1, 0.15) is 6.07 Å². The highest BCUT2D eigenvalue weighted by atomic mass is 79.9. The molecule has 3 heteroatoms. The highest BCUT2D eigenvalue weighted by molar-refractivity contribution is 9.10. The Hall–Kier alpha value is -1.27. The lowest BCUT2D eigenvalue weighted by atomic mass is 10.1. The van der Waals surface area contributed by atoms with Gasteiger partial charge in [-0.15, -0.1) is 0 Å². The predicted molar refractivity (Wildman–Crippen MR) is 69.4 cm³/mol. The van der Waals surface area contributed by atoms with Gasteiger partial charge >= 0.3 is 0 Å². The minimum atomic E-state index is 0.738. The van der Waals surface area contributed by atoms with E-state index < -0.39 is 0 Å². The van der Waals surface area contributed by atoms with E-state index in [0.29, 0.717) is 0 Å². The van der Waals surface area contributed by atoms with E-state index in [2.05, 4.69) is 39.9 Å². The first kappa shape index (κ1) is 11.2. The second-order valence-corrected chi connectivity index (χ2v) is 4.94. The van der Waals surface area contributed by atoms with Crippen LogP contribution in [0.4, 0.5) is 5.69 Å². The van der Waals surface area contributed by atoms with Gasteiger partial charge in [-0.25, -0.2) is 0 Å². The molecule has 82 valence electrons. The van der Waals surface area contributed by atoms with Crippen LogP contribution in [0.15, 0.2) is 34.3 Å². The molecule has 0 amide bonds. The van der Waals surface area contributed by atoms with Crippen molar-refractivity contribution in [2.24, 2.45) is 0 Å². The summed E-state index contributed by atoms with van der Waals surface area (Å²) in [6.07, 6.45) is 3.31. The molecule has 0 aliphatic carbocycles. The van der Waals surface area contributed by atoms with Crippen LogP contribution in [0.2, 0.25) is 0 Å². The van der Waals surface area contributed by atoms with E-state index in [4.69, 9.17) is 5.26 Å². The molecule has 0 unspecified atom stereocenters. The van der Waals surface area contributed by atoms with Crippen molar-refractivity contribution in [1.82, 2.24) is 0 Å². The number of halogens is 1. The van der Waals surface area contributed by atoms with Crippen LogP contribution in [-0.4, -0.2) is 13.1 Å². The summed E-state index contributed by atoms with van der Waals surface area (Å²) in [5, 5.41) is 9.11. The van der Waals surface area contributed by atoms with Gasteiger partial charge in [-0.3, -0.25) is 0 Å². The maximum absolute atomic E-state index is 9.11. The molecule has 1 aliphatic rings. The van der Waals surface area contributed by atoms with Crippen molar-refractivity contribution in [2.75, 3.05) is 18.0 Å². The Morgan fingerprint density at radius 2 is 2.25 bits per heavy atom. The number of nitriles is 1. The van der Waals surface area contributed by atoms with Crippen LogP contribution in [0.5, 0.6) is 0 Å². The zero-order valence-corrected chi connectivity index (χ0v) is 10.8. The fourth-order valence-corrected chi connectivity index (χ4v) is 2.22. The molecular formula is C13H13BrN2. The molecule has 0 saturated carbocycles. The smallest absolute Gasteiger partial charge is 0.101 e. The monoisotopic (exact) mass is 276 g/mol. The molecule has 0 atom stereocenters. The Morgan fingerprint density at radius 1 is 1.44 bits per heavy atom. The SMILES string of the molecule is CC1=CCN(c2ccc(Br)cc2C#N)CC1. The van der Waals surface area contributed by atoms with Crippen LogP contribution < -0.4 is 4.90 Å². The summed E-state index contributed by atoms with van der Waals surface area (Å²) < 4.78 is 0.955. The van der Waals surface area contributed by atoms with Gasteiger partial charge in [0.25, 0.3) is 0 Å². The molecule has 2 nitrogen and oxygen atoms in total. The summed E-state index contributed by atoms with van der Waals surface area (Å²) in [4.78, 5) is 2.25. The molecule has 1 aromatic rings. The van der Waals surface area contributed by atoms with Crippen molar-refractivity contribution in [3.05, 3.63) is 39.9 Å². The number of nitrogens with zero attached hydrogens (tertiary/aromatic N) is 2. The largest absolute Gasteiger partial charge is 0.366 e. The van der Waals surface area contributed by atoms with Crippen LogP contribution >= 0.6 is 15.9 Å². The Balaban J connectivity index is 2.31. The van der Waals surface area contributed by atoms with Gasteiger partial charge in [-0.05, 0) is 31.5 Å². The normalized spacial score (nSPS) is 15.6. The molecule has 2 rings (SSSR count). The molecule has 0 aromatic heterocycles. The van der Waals surface area contributed by atoms with Gasteiger partial charge in [0, 0.05) is 17.6 Å². The molecular weight excluding hydrogens is 264 g/mol. The van der Waals surface area contributed by atoms with Gasteiger partial charge in [0.15, 0.2) is 0 Å². The highest BCUT2D eigenvalue weighted by Gasteiger charge is 2.13. The lowest BCUT2D eigenvalue weighted by Gasteiger charge is -2.28. The quantitative estimate of drug-likeness (QED) is 0.735. The average Bonchev–Trinajstić information content (AvgIpc) is 2.30. The second kappa shape index (κ2) is 4.71. The van der Waals surface area contributed by atoms with Crippen molar-refractivity contribution in [3.8, 4) is 6.07 Å². The minimum Gasteiger partial charge on any atom is -0.366 e. The molecule has 1 heterocycles. The van der Waals surface area contributed by atoms with Crippen molar-refractivity contribution in [2.45, 2.75) is 13.3 Å². The van der Waals surface area contributed by atoms with Crippen molar-refractivity contribution >= 4 is 21.6 Å². The zero-order chi connectivity index (χ0) is 11.5. The van der Waals surface area contributed by atoms with E-state index >= 15 is 0 Å². The predicted octanol–water partition coefficient (Wildman–Crippen LogP) is 3.48. The Bertz CT molecular complexity index is 471. The lowest BCUT2D eigenvalue weighted by molar-refractivity contribution is 0.787. The molecule has 0 saturated heterocycles. The Morgan fingerprint density at radius 3 is 2.88 bits per heavy atom. The fourth-order valence-electron chi connectivity index (χ4n) is 1.86. The van der Waals surface area contributed by atoms with Crippen LogP contribution in [0.1, 0.15) is 18.9 Å². The summed E-state index contributed by atoms with van der Waals surface area (Å²) in [6.45, 7) is 4.06. The van der Waals surface area contributed by atoms with Gasteiger partial charge in [0.2, 0.25) is 0 Å². The third-order valence-corrected chi connectivity index (χ3v) is 3.35. The summed E-state index contributed by atoms with van der Waals surface area (Å²) in [6, 6.07) is 8.13. The van der Waals surface area contributed by atoms with Gasteiger partial charge in [-0.1, -0.05) is 27.6 Å². The molecule has 16 heavy (non-hydrogen) atoms. The third-order valence-electron chi connectivity index (χ3n) is 2.86. The number of benzene rings is 1. The van der Waals surface area contributed by atoms with E-state index in [0.717, 1.165) is 35.2 Å². The first-order valence-corrected chi connectivity index (χ1v) is 6.10. The van der Waals surface area contributed by atoms with Gasteiger partial charge in [-0.2, -0.15) is 5.26 Å². The number of hydrogen-bond acceptors (Lipinski definition) is 2. The molecule has 1 aliphatic heterocycles. The Kier molecular flexibility index (Phi) is 3.31. The van der Waals surface area contributed by atoms with E-state index in [1.807, 2.05) is 18.2 Å². The van der Waals surface area contributed by atoms with Crippen molar-refractivity contribution < 1.29 is 0 Å². The first-order valence-electron chi connectivity index (χ1n) is 5.31. The fraction of sp³-hybridized carbons (Fsp3) is 0.308. The Labute approximate surface area is 104 Å². The topological polar surface area (TPSA) is 27.0 Å². The standard InChI is InChI=1S/C13H13BrN2/c1-10-4-6-16(7-5-10)13-3-2-12(14)8-11(13)9-15/h2-4,8H,5-7H2,1H3. The average molecular weight is 277 g/mol. The van der Waals surface area contributed by atoms with E-state index in [1.165, 1.54) is 5.57 Å². The van der Waals surface area contributed by atoms with Crippen LogP contribution in [0.3, 0.4) is 0 Å². The molecule has 1 aromatic carbocycles. The summed E-state index contributed by atoms with van der Waals surface area (Å²) in [7, 11) is 0. The van der Waals surface area contributed by atoms with E-state index in [-0.39, 0.29) is 0 Å². The molecule has 0 N–H and O–H groups in total. The van der Waals surface area contributed by atoms with E-state index in [1.54, 1.807) is 0 Å². The van der Waals surface area contributed by atoms with E-state index in [9.17, 15) is 0 Å². The minimum absolute atomic E-state index is 0.738. The molecule has 0 bridgehead atoms. The molecule has 0 spiro atoms. The van der Waals surface area contributed by atoms with Crippen molar-refractivity contribution in [3.63, 3.8) is 0 Å². The van der Waals surface area contributed by atoms with Crippen LogP contribution in [0.25, 0.3) is 0 Å². The summed E-state index contributed by atoms with van der Waals surface area (Å²) in [5.74, 6) is 0. The maximum atomic E-state index is 9.11. The van der Waals surface area contributed by atoms with Gasteiger partial charge in [0.05, 0.1) is 11.3 Å². The van der Waals surface area contributed by atoms with Crippen LogP contribution in [-0.2, 0) is 0 Å². The summed E-state index contributed by atoms with van der Waals surface area (Å²) in [5.41, 5.74) is 3.21. The lowest BCUT2D eigenvalue weighted by Crippen LogP contribution is -2.28. The molecule has 0 radical (unpaired) electrons. The third kappa shape index (κ3) is 2.28. The number of anilines is 1. The number of rotatable bonds is 1. The summed E-state index contributed by atoms with van der Waals surface area (Å²) >= 11 is 3.39. The van der Waals surface area contributed by atoms with Crippen LogP contribution in [0, 0.1) is 11.3 Å². The van der Waals surface area contributed by atoms with Crippen molar-refractivity contribution in [1.29, 1.82) is 5.26 Å². The maximum Gasteiger partial charge on any atom is 0.101 e. The zero-order valence-electron chi connectivity index (χ0n) is 9.20. The highest BCUT2D eigenvalue weighted by Crippen LogP contribution is 2.26. The number of hydrogen-bond donors (Lipinski definition) is 0. The molecule has 0 fully saturated rings. The first-order chi connectivity index (χ1) is 7.70. The second-order valence-electron chi connectivity index (χ2n) is 4.02. The van der Waals surface area contributed by atoms with Gasteiger partial charge < -0.3 is 4.90 Å².